The third kappa shape index (κ3) is 7.45. The predicted octanol–water partition coefficient (Wildman–Crippen LogP) is 3.11. The molecule has 1 aliphatic heterocycles. The minimum absolute atomic E-state index is 0.316. The van der Waals surface area contributed by atoms with E-state index < -0.39 is 5.60 Å². The van der Waals surface area contributed by atoms with E-state index in [0.717, 1.165) is 39.3 Å². The summed E-state index contributed by atoms with van der Waals surface area (Å²) in [5, 5.41) is 2.99. The first-order valence-corrected chi connectivity index (χ1v) is 9.13. The van der Waals surface area contributed by atoms with Crippen molar-refractivity contribution in [1.29, 1.82) is 0 Å². The van der Waals surface area contributed by atoms with Gasteiger partial charge in [0.15, 0.2) is 0 Å². The lowest BCUT2D eigenvalue weighted by molar-refractivity contribution is 0.0423. The van der Waals surface area contributed by atoms with Crippen molar-refractivity contribution in [2.75, 3.05) is 32.7 Å². The summed E-state index contributed by atoms with van der Waals surface area (Å²) in [5.74, 6) is 0. The molecule has 5 heteroatoms. The maximum absolute atomic E-state index is 12.0. The molecule has 0 aromatic heterocycles. The van der Waals surface area contributed by atoms with Gasteiger partial charge in [-0.2, -0.15) is 0 Å². The van der Waals surface area contributed by atoms with Gasteiger partial charge in [-0.3, -0.25) is 9.80 Å². The predicted molar refractivity (Wildman–Crippen MR) is 102 cm³/mol. The van der Waals surface area contributed by atoms with Gasteiger partial charge in [0.2, 0.25) is 0 Å². The van der Waals surface area contributed by atoms with Crippen molar-refractivity contribution in [1.82, 2.24) is 15.1 Å². The second-order valence-corrected chi connectivity index (χ2v) is 8.55. The minimum Gasteiger partial charge on any atom is -0.444 e. The highest BCUT2D eigenvalue weighted by Crippen LogP contribution is 2.13. The zero-order chi connectivity index (χ0) is 18.5. The molecule has 140 valence electrons. The van der Waals surface area contributed by atoms with Crippen LogP contribution in [0.2, 0.25) is 0 Å². The van der Waals surface area contributed by atoms with Crippen LogP contribution < -0.4 is 5.32 Å². The van der Waals surface area contributed by atoms with Gasteiger partial charge >= 0.3 is 6.09 Å². The number of alkyl carbamates (subject to hydrolysis) is 1. The van der Waals surface area contributed by atoms with Gasteiger partial charge in [0.05, 0.1) is 5.54 Å². The standard InChI is InChI=1S/C20H33N3O2/c1-19(2,3)25-18(24)21-20(4,5)16-23-13-11-22(12-14-23)15-17-9-7-6-8-10-17/h6-10H,11-16H2,1-5H3,(H,21,24). The van der Waals surface area contributed by atoms with Crippen molar-refractivity contribution in [2.24, 2.45) is 0 Å². The number of nitrogens with zero attached hydrogens (tertiary/aromatic N) is 2. The summed E-state index contributed by atoms with van der Waals surface area (Å²) < 4.78 is 5.37. The SMILES string of the molecule is CC(C)(CN1CCN(Cc2ccccc2)CC1)NC(=O)OC(C)(C)C. The van der Waals surface area contributed by atoms with Crippen LogP contribution in [0.1, 0.15) is 40.2 Å². The Morgan fingerprint density at radius 2 is 1.56 bits per heavy atom. The molecule has 5 nitrogen and oxygen atoms in total. The van der Waals surface area contributed by atoms with Crippen molar-refractivity contribution in [3.63, 3.8) is 0 Å². The largest absolute Gasteiger partial charge is 0.444 e. The van der Waals surface area contributed by atoms with E-state index in [2.05, 4.69) is 45.4 Å². The second-order valence-electron chi connectivity index (χ2n) is 8.55. The molecule has 25 heavy (non-hydrogen) atoms. The van der Waals surface area contributed by atoms with Crippen molar-refractivity contribution in [3.05, 3.63) is 35.9 Å². The second kappa shape index (κ2) is 8.19. The summed E-state index contributed by atoms with van der Waals surface area (Å²) in [6.07, 6.45) is -0.347. The van der Waals surface area contributed by atoms with E-state index in [1.807, 2.05) is 34.6 Å². The molecule has 1 N–H and O–H groups in total. The monoisotopic (exact) mass is 347 g/mol. The van der Waals surface area contributed by atoms with E-state index in [1.165, 1.54) is 5.56 Å². The Hall–Kier alpha value is -1.59. The van der Waals surface area contributed by atoms with Gasteiger partial charge in [0.1, 0.15) is 5.60 Å². The van der Waals surface area contributed by atoms with Gasteiger partial charge in [0.25, 0.3) is 0 Å². The highest BCUT2D eigenvalue weighted by molar-refractivity contribution is 5.68. The Balaban J connectivity index is 1.75. The number of carbonyl (C=O) groups is 1. The first-order valence-electron chi connectivity index (χ1n) is 9.13. The Morgan fingerprint density at radius 1 is 1.00 bits per heavy atom. The fraction of sp³-hybridized carbons (Fsp3) is 0.650. The van der Waals surface area contributed by atoms with Crippen LogP contribution in [0, 0.1) is 0 Å². The summed E-state index contributed by atoms with van der Waals surface area (Å²) in [6, 6.07) is 10.6. The van der Waals surface area contributed by atoms with Gasteiger partial charge in [0, 0.05) is 39.3 Å². The normalized spacial score (nSPS) is 17.3. The molecule has 1 aliphatic rings. The zero-order valence-electron chi connectivity index (χ0n) is 16.3. The maximum atomic E-state index is 12.0. The van der Waals surface area contributed by atoms with E-state index in [4.69, 9.17) is 4.74 Å². The Labute approximate surface area is 152 Å². The van der Waals surface area contributed by atoms with Crippen LogP contribution in [0.25, 0.3) is 0 Å². The molecule has 0 atom stereocenters. The minimum atomic E-state index is -0.469. The summed E-state index contributed by atoms with van der Waals surface area (Å²) >= 11 is 0. The first kappa shape index (κ1) is 19.7. The lowest BCUT2D eigenvalue weighted by Gasteiger charge is -2.39. The number of rotatable bonds is 5. The number of ether oxygens (including phenoxy) is 1. The van der Waals surface area contributed by atoms with E-state index in [9.17, 15) is 4.79 Å². The molecule has 1 aromatic carbocycles. The van der Waals surface area contributed by atoms with E-state index in [-0.39, 0.29) is 11.6 Å². The van der Waals surface area contributed by atoms with E-state index in [0.29, 0.717) is 0 Å². The molecule has 2 rings (SSSR count). The third-order valence-electron chi connectivity index (χ3n) is 4.17. The number of hydrogen-bond donors (Lipinski definition) is 1. The van der Waals surface area contributed by atoms with E-state index >= 15 is 0 Å². The molecule has 1 saturated heterocycles. The van der Waals surface area contributed by atoms with Crippen molar-refractivity contribution >= 4 is 6.09 Å². The molecular weight excluding hydrogens is 314 g/mol. The average Bonchev–Trinajstić information content (AvgIpc) is 2.47. The summed E-state index contributed by atoms with van der Waals surface area (Å²) in [4.78, 5) is 16.9. The number of piperazine rings is 1. The molecule has 1 heterocycles. The van der Waals surface area contributed by atoms with Gasteiger partial charge < -0.3 is 10.1 Å². The van der Waals surface area contributed by atoms with Crippen LogP contribution >= 0.6 is 0 Å². The van der Waals surface area contributed by atoms with Crippen LogP contribution in [-0.4, -0.2) is 59.8 Å². The number of amides is 1. The molecule has 0 bridgehead atoms. The molecule has 0 radical (unpaired) electrons. The lowest BCUT2D eigenvalue weighted by atomic mass is 10.0. The zero-order valence-corrected chi connectivity index (χ0v) is 16.3. The molecule has 0 saturated carbocycles. The van der Waals surface area contributed by atoms with Crippen LogP contribution in [0.3, 0.4) is 0 Å². The molecule has 0 unspecified atom stereocenters. The summed E-state index contributed by atoms with van der Waals surface area (Å²) in [6.45, 7) is 15.7. The highest BCUT2D eigenvalue weighted by Gasteiger charge is 2.28. The van der Waals surface area contributed by atoms with E-state index in [1.54, 1.807) is 0 Å². The molecule has 0 spiro atoms. The number of benzene rings is 1. The Kier molecular flexibility index (Phi) is 6.47. The fourth-order valence-electron chi connectivity index (χ4n) is 3.13. The Bertz CT molecular complexity index is 544. The summed E-state index contributed by atoms with van der Waals surface area (Å²) in [5.41, 5.74) is 0.579. The number of hydrogen-bond acceptors (Lipinski definition) is 4. The van der Waals surface area contributed by atoms with Gasteiger partial charge in [-0.05, 0) is 40.2 Å². The average molecular weight is 348 g/mol. The van der Waals surface area contributed by atoms with Crippen LogP contribution in [0.15, 0.2) is 30.3 Å². The van der Waals surface area contributed by atoms with Crippen molar-refractivity contribution < 1.29 is 9.53 Å². The van der Waals surface area contributed by atoms with Crippen LogP contribution in [-0.2, 0) is 11.3 Å². The Morgan fingerprint density at radius 3 is 2.12 bits per heavy atom. The topological polar surface area (TPSA) is 44.8 Å². The van der Waals surface area contributed by atoms with Crippen molar-refractivity contribution in [3.8, 4) is 0 Å². The molecule has 1 fully saturated rings. The molecule has 1 aromatic rings. The highest BCUT2D eigenvalue weighted by atomic mass is 16.6. The van der Waals surface area contributed by atoms with Crippen molar-refractivity contribution in [2.45, 2.75) is 52.3 Å². The molecule has 1 amide bonds. The third-order valence-corrected chi connectivity index (χ3v) is 4.17. The maximum Gasteiger partial charge on any atom is 0.408 e. The van der Waals surface area contributed by atoms with Gasteiger partial charge in [-0.25, -0.2) is 4.79 Å². The smallest absolute Gasteiger partial charge is 0.408 e. The van der Waals surface area contributed by atoms with Crippen LogP contribution in [0.5, 0.6) is 0 Å². The lowest BCUT2D eigenvalue weighted by Crippen LogP contribution is -2.56. The van der Waals surface area contributed by atoms with Crippen LogP contribution in [0.4, 0.5) is 4.79 Å². The molecular formula is C20H33N3O2. The number of carbonyl (C=O) groups excluding carboxylic acids is 1. The van der Waals surface area contributed by atoms with Gasteiger partial charge in [-0.1, -0.05) is 30.3 Å². The van der Waals surface area contributed by atoms with Gasteiger partial charge in [-0.15, -0.1) is 0 Å². The fourth-order valence-corrected chi connectivity index (χ4v) is 3.13. The quantitative estimate of drug-likeness (QED) is 0.889. The summed E-state index contributed by atoms with van der Waals surface area (Å²) in [7, 11) is 0. The molecule has 0 aliphatic carbocycles. The number of nitrogens with one attached hydrogen (secondary N) is 1. The first-order chi connectivity index (χ1) is 11.6.